The van der Waals surface area contributed by atoms with Gasteiger partial charge in [-0.3, -0.25) is 9.59 Å². The standard InChI is InChI=1S/C14H15NO5/c1-15-7-9-3-2-8(14(19)20)4-10(9)5-11(13(15)18)6-12(16)17/h2-4,11H,5-7H2,1H3,(H,16,17)(H,19,20). The van der Waals surface area contributed by atoms with Crippen LogP contribution in [0.15, 0.2) is 18.2 Å². The molecule has 1 unspecified atom stereocenters. The van der Waals surface area contributed by atoms with E-state index in [4.69, 9.17) is 10.2 Å². The highest BCUT2D eigenvalue weighted by Gasteiger charge is 2.29. The SMILES string of the molecule is CN1Cc2ccc(C(=O)O)cc2CC(CC(=O)O)C1=O. The molecule has 1 heterocycles. The van der Waals surface area contributed by atoms with Crippen molar-refractivity contribution in [2.45, 2.75) is 19.4 Å². The first-order chi connectivity index (χ1) is 9.38. The van der Waals surface area contributed by atoms with Crippen LogP contribution in [-0.4, -0.2) is 40.0 Å². The van der Waals surface area contributed by atoms with Gasteiger partial charge in [0.2, 0.25) is 5.91 Å². The van der Waals surface area contributed by atoms with Crippen LogP contribution in [0.2, 0.25) is 0 Å². The maximum atomic E-state index is 12.1. The van der Waals surface area contributed by atoms with Gasteiger partial charge < -0.3 is 15.1 Å². The van der Waals surface area contributed by atoms with Crippen LogP contribution >= 0.6 is 0 Å². The number of amides is 1. The predicted octanol–water partition coefficient (Wildman–Crippen LogP) is 0.990. The smallest absolute Gasteiger partial charge is 0.335 e. The first kappa shape index (κ1) is 14.0. The minimum atomic E-state index is -1.04. The molecule has 1 aromatic rings. The molecule has 0 aliphatic carbocycles. The Morgan fingerprint density at radius 1 is 1.30 bits per heavy atom. The van der Waals surface area contributed by atoms with E-state index in [-0.39, 0.29) is 24.3 Å². The van der Waals surface area contributed by atoms with Crippen molar-refractivity contribution >= 4 is 17.8 Å². The quantitative estimate of drug-likeness (QED) is 0.859. The van der Waals surface area contributed by atoms with E-state index in [1.807, 2.05) is 0 Å². The van der Waals surface area contributed by atoms with Crippen LogP contribution in [0.4, 0.5) is 0 Å². The fourth-order valence-electron chi connectivity index (χ4n) is 2.47. The molecule has 1 atom stereocenters. The van der Waals surface area contributed by atoms with Crippen LogP contribution in [0.25, 0.3) is 0 Å². The van der Waals surface area contributed by atoms with Crippen molar-refractivity contribution < 1.29 is 24.6 Å². The minimum Gasteiger partial charge on any atom is -0.481 e. The van der Waals surface area contributed by atoms with Gasteiger partial charge in [-0.1, -0.05) is 6.07 Å². The molecule has 1 aliphatic rings. The molecule has 0 fully saturated rings. The van der Waals surface area contributed by atoms with Crippen molar-refractivity contribution in [3.63, 3.8) is 0 Å². The number of aliphatic carboxylic acids is 1. The van der Waals surface area contributed by atoms with Crippen LogP contribution in [0.3, 0.4) is 0 Å². The number of nitrogens with zero attached hydrogens (tertiary/aromatic N) is 1. The molecule has 106 valence electrons. The summed E-state index contributed by atoms with van der Waals surface area (Å²) >= 11 is 0. The summed E-state index contributed by atoms with van der Waals surface area (Å²) in [4.78, 5) is 35.4. The Bertz CT molecular complexity index is 581. The molecule has 0 bridgehead atoms. The zero-order valence-corrected chi connectivity index (χ0v) is 11.0. The van der Waals surface area contributed by atoms with E-state index in [1.54, 1.807) is 13.1 Å². The van der Waals surface area contributed by atoms with Crippen LogP contribution in [0.1, 0.15) is 27.9 Å². The summed E-state index contributed by atoms with van der Waals surface area (Å²) in [6, 6.07) is 4.71. The van der Waals surface area contributed by atoms with E-state index in [2.05, 4.69) is 0 Å². The van der Waals surface area contributed by atoms with Gasteiger partial charge in [-0.15, -0.1) is 0 Å². The molecular formula is C14H15NO5. The van der Waals surface area contributed by atoms with Crippen molar-refractivity contribution in [1.82, 2.24) is 4.90 Å². The van der Waals surface area contributed by atoms with Crippen molar-refractivity contribution in [2.75, 3.05) is 7.05 Å². The van der Waals surface area contributed by atoms with Gasteiger partial charge in [-0.25, -0.2) is 4.79 Å². The molecule has 2 rings (SSSR count). The molecule has 6 heteroatoms. The number of benzene rings is 1. The lowest BCUT2D eigenvalue weighted by molar-refractivity contribution is -0.143. The number of hydrogen-bond donors (Lipinski definition) is 2. The lowest BCUT2D eigenvalue weighted by Crippen LogP contribution is -2.32. The Hall–Kier alpha value is -2.37. The summed E-state index contributed by atoms with van der Waals surface area (Å²) in [5.74, 6) is -2.94. The van der Waals surface area contributed by atoms with Crippen LogP contribution in [-0.2, 0) is 22.6 Å². The third-order valence-corrected chi connectivity index (χ3v) is 3.47. The summed E-state index contributed by atoms with van der Waals surface area (Å²) in [6.45, 7) is 0.365. The van der Waals surface area contributed by atoms with Crippen LogP contribution in [0, 0.1) is 5.92 Å². The fraction of sp³-hybridized carbons (Fsp3) is 0.357. The first-order valence-electron chi connectivity index (χ1n) is 6.20. The van der Waals surface area contributed by atoms with Crippen molar-refractivity contribution in [3.05, 3.63) is 34.9 Å². The summed E-state index contributed by atoms with van der Waals surface area (Å²) in [5.41, 5.74) is 1.74. The van der Waals surface area contributed by atoms with E-state index in [9.17, 15) is 14.4 Å². The van der Waals surface area contributed by atoms with Gasteiger partial charge in [0.1, 0.15) is 0 Å². The molecule has 20 heavy (non-hydrogen) atoms. The number of carboxylic acids is 2. The molecule has 0 spiro atoms. The number of rotatable bonds is 3. The van der Waals surface area contributed by atoms with E-state index < -0.39 is 17.9 Å². The normalized spacial score (nSPS) is 18.4. The van der Waals surface area contributed by atoms with Crippen molar-refractivity contribution in [1.29, 1.82) is 0 Å². The van der Waals surface area contributed by atoms with Crippen molar-refractivity contribution in [3.8, 4) is 0 Å². The second-order valence-corrected chi connectivity index (χ2v) is 4.98. The number of fused-ring (bicyclic) bond motifs is 1. The van der Waals surface area contributed by atoms with Crippen LogP contribution < -0.4 is 0 Å². The van der Waals surface area contributed by atoms with Gasteiger partial charge in [0.15, 0.2) is 0 Å². The Kier molecular flexibility index (Phi) is 3.74. The molecule has 1 amide bonds. The molecule has 2 N–H and O–H groups in total. The molecule has 1 aliphatic heterocycles. The van der Waals surface area contributed by atoms with Crippen LogP contribution in [0.5, 0.6) is 0 Å². The van der Waals surface area contributed by atoms with Crippen molar-refractivity contribution in [2.24, 2.45) is 5.92 Å². The summed E-state index contributed by atoms with van der Waals surface area (Å²) in [5, 5.41) is 17.9. The van der Waals surface area contributed by atoms with E-state index >= 15 is 0 Å². The Morgan fingerprint density at radius 3 is 2.60 bits per heavy atom. The Balaban J connectivity index is 2.39. The molecule has 0 radical (unpaired) electrons. The lowest BCUT2D eigenvalue weighted by Gasteiger charge is -2.18. The molecule has 6 nitrogen and oxygen atoms in total. The van der Waals surface area contributed by atoms with Gasteiger partial charge in [0, 0.05) is 13.6 Å². The molecule has 0 saturated carbocycles. The third kappa shape index (κ3) is 2.79. The van der Waals surface area contributed by atoms with E-state index in [0.717, 1.165) is 11.1 Å². The number of aromatic carboxylic acids is 1. The molecule has 0 aromatic heterocycles. The molecule has 0 saturated heterocycles. The summed E-state index contributed by atoms with van der Waals surface area (Å²) < 4.78 is 0. The zero-order valence-electron chi connectivity index (χ0n) is 11.0. The van der Waals surface area contributed by atoms with E-state index in [0.29, 0.717) is 6.54 Å². The Morgan fingerprint density at radius 2 is 2.00 bits per heavy atom. The molecular weight excluding hydrogens is 262 g/mol. The van der Waals surface area contributed by atoms with Gasteiger partial charge in [-0.05, 0) is 29.7 Å². The highest BCUT2D eigenvalue weighted by atomic mass is 16.4. The summed E-state index contributed by atoms with van der Waals surface area (Å²) in [7, 11) is 1.62. The highest BCUT2D eigenvalue weighted by Crippen LogP contribution is 2.25. The zero-order chi connectivity index (χ0) is 14.9. The number of hydrogen-bond acceptors (Lipinski definition) is 3. The lowest BCUT2D eigenvalue weighted by atomic mass is 9.93. The van der Waals surface area contributed by atoms with E-state index in [1.165, 1.54) is 17.0 Å². The fourth-order valence-corrected chi connectivity index (χ4v) is 2.47. The average molecular weight is 277 g/mol. The van der Waals surface area contributed by atoms with Gasteiger partial charge in [0.25, 0.3) is 0 Å². The third-order valence-electron chi connectivity index (χ3n) is 3.47. The largest absolute Gasteiger partial charge is 0.481 e. The summed E-state index contributed by atoms with van der Waals surface area (Å²) in [6.07, 6.45) is 0.00579. The average Bonchev–Trinajstić information content (AvgIpc) is 2.47. The number of carboxylic acid groups (broad SMARTS) is 2. The molecule has 1 aromatic carbocycles. The minimum absolute atomic E-state index is 0.148. The topological polar surface area (TPSA) is 94.9 Å². The predicted molar refractivity (Wildman–Crippen MR) is 69.3 cm³/mol. The van der Waals surface area contributed by atoms with Gasteiger partial charge in [0.05, 0.1) is 17.9 Å². The maximum Gasteiger partial charge on any atom is 0.335 e. The number of carbonyl (C=O) groups is 3. The van der Waals surface area contributed by atoms with Gasteiger partial charge in [-0.2, -0.15) is 0 Å². The van der Waals surface area contributed by atoms with Gasteiger partial charge >= 0.3 is 11.9 Å². The second-order valence-electron chi connectivity index (χ2n) is 4.98. The number of carbonyl (C=O) groups excluding carboxylic acids is 1. The Labute approximate surface area is 115 Å². The highest BCUT2D eigenvalue weighted by molar-refractivity contribution is 5.88. The maximum absolute atomic E-state index is 12.1. The first-order valence-corrected chi connectivity index (χ1v) is 6.20. The monoisotopic (exact) mass is 277 g/mol. The second kappa shape index (κ2) is 5.32.